The topological polar surface area (TPSA) is 55.7 Å². The van der Waals surface area contributed by atoms with Crippen molar-refractivity contribution in [2.75, 3.05) is 7.05 Å². The number of rotatable bonds is 5. The van der Waals surface area contributed by atoms with Crippen molar-refractivity contribution in [2.45, 2.75) is 25.0 Å². The molecule has 0 N–H and O–H groups in total. The second-order valence-electron chi connectivity index (χ2n) is 5.28. The number of aliphatic imine (C=N–C) groups is 1. The Morgan fingerprint density at radius 1 is 1.16 bits per heavy atom. The van der Waals surface area contributed by atoms with Crippen LogP contribution in [0.15, 0.2) is 45.8 Å². The molecular formula is C16H15F4NO3S. The number of hydrogen-bond donors (Lipinski definition) is 0. The zero-order chi connectivity index (χ0) is 18.8. The van der Waals surface area contributed by atoms with Gasteiger partial charge in [-0.15, -0.1) is 0 Å². The van der Waals surface area contributed by atoms with Gasteiger partial charge in [0.15, 0.2) is 0 Å². The van der Waals surface area contributed by atoms with E-state index in [2.05, 4.69) is 11.6 Å². The van der Waals surface area contributed by atoms with E-state index in [1.807, 2.05) is 0 Å². The van der Waals surface area contributed by atoms with Crippen molar-refractivity contribution in [3.05, 3.63) is 52.5 Å². The van der Waals surface area contributed by atoms with Crippen LogP contribution in [0, 0.1) is 11.6 Å². The fourth-order valence-corrected chi connectivity index (χ4v) is 3.29. The van der Waals surface area contributed by atoms with Gasteiger partial charge in [0.05, 0.1) is 4.91 Å². The molecule has 0 heterocycles. The first-order valence-electron chi connectivity index (χ1n) is 7.21. The predicted octanol–water partition coefficient (Wildman–Crippen LogP) is 4.00. The Labute approximate surface area is 142 Å². The second kappa shape index (κ2) is 7.38. The van der Waals surface area contributed by atoms with Crippen molar-refractivity contribution in [3.8, 4) is 5.75 Å². The highest BCUT2D eigenvalue weighted by Crippen LogP contribution is 2.36. The average molecular weight is 377 g/mol. The molecule has 0 radical (unpaired) electrons. The van der Waals surface area contributed by atoms with Gasteiger partial charge in [-0.1, -0.05) is 6.58 Å². The first-order valence-corrected chi connectivity index (χ1v) is 8.76. The van der Waals surface area contributed by atoms with Crippen LogP contribution in [-0.2, 0) is 9.84 Å². The third kappa shape index (κ3) is 4.09. The lowest BCUT2D eigenvalue weighted by atomic mass is 10.1. The van der Waals surface area contributed by atoms with Crippen molar-refractivity contribution in [1.29, 1.82) is 0 Å². The van der Waals surface area contributed by atoms with Crippen LogP contribution < -0.4 is 4.74 Å². The standard InChI is InChI=1S/C16H15F4NO3S/c1-9(25(22,23)16(19)20)13-4-3-5-14(13)15(21-2)24-12-7-10(17)6-11(18)8-12/h6-8,16H,1,3-5H2,2H3. The molecule has 1 aliphatic rings. The summed E-state index contributed by atoms with van der Waals surface area (Å²) in [4.78, 5) is 3.16. The molecule has 0 fully saturated rings. The van der Waals surface area contributed by atoms with E-state index < -0.39 is 32.1 Å². The van der Waals surface area contributed by atoms with Crippen molar-refractivity contribution >= 4 is 15.7 Å². The van der Waals surface area contributed by atoms with Gasteiger partial charge in [0.2, 0.25) is 15.7 Å². The minimum absolute atomic E-state index is 0.0943. The lowest BCUT2D eigenvalue weighted by Gasteiger charge is -2.14. The third-order valence-corrected chi connectivity index (χ3v) is 5.05. The van der Waals surface area contributed by atoms with Gasteiger partial charge in [0.1, 0.15) is 17.4 Å². The summed E-state index contributed by atoms with van der Waals surface area (Å²) in [5, 5.41) is 0. The Bertz CT molecular complexity index is 840. The van der Waals surface area contributed by atoms with Gasteiger partial charge in [0.25, 0.3) is 0 Å². The van der Waals surface area contributed by atoms with Crippen LogP contribution in [0.4, 0.5) is 17.6 Å². The van der Waals surface area contributed by atoms with Crippen LogP contribution in [0.1, 0.15) is 19.3 Å². The summed E-state index contributed by atoms with van der Waals surface area (Å²) in [6.45, 7) is 3.28. The Morgan fingerprint density at radius 3 is 2.24 bits per heavy atom. The molecule has 136 valence electrons. The molecule has 2 rings (SSSR count). The minimum atomic E-state index is -4.84. The Morgan fingerprint density at radius 2 is 1.72 bits per heavy atom. The summed E-state index contributed by atoms with van der Waals surface area (Å²) >= 11 is 0. The molecule has 0 aromatic heterocycles. The van der Waals surface area contributed by atoms with Crippen molar-refractivity contribution in [1.82, 2.24) is 0 Å². The Hall–Kier alpha value is -2.16. The Kier molecular flexibility index (Phi) is 5.66. The smallest absolute Gasteiger partial charge is 0.341 e. The molecule has 4 nitrogen and oxygen atoms in total. The summed E-state index contributed by atoms with van der Waals surface area (Å²) in [6.07, 6.45) is 1.01. The molecular weight excluding hydrogens is 362 g/mol. The maximum Gasteiger partial charge on any atom is 0.341 e. The number of ether oxygens (including phenoxy) is 1. The molecule has 0 amide bonds. The van der Waals surface area contributed by atoms with Crippen LogP contribution in [0.5, 0.6) is 5.75 Å². The lowest BCUT2D eigenvalue weighted by Crippen LogP contribution is -2.17. The number of nitrogens with zero attached hydrogens (tertiary/aromatic N) is 1. The largest absolute Gasteiger partial charge is 0.439 e. The van der Waals surface area contributed by atoms with E-state index in [4.69, 9.17) is 4.74 Å². The molecule has 0 aliphatic heterocycles. The number of allylic oxidation sites excluding steroid dienone is 1. The van der Waals surface area contributed by atoms with Gasteiger partial charge in [-0.05, 0) is 24.8 Å². The van der Waals surface area contributed by atoms with Crippen LogP contribution >= 0.6 is 0 Å². The van der Waals surface area contributed by atoms with Gasteiger partial charge < -0.3 is 4.74 Å². The molecule has 1 aromatic rings. The number of alkyl halides is 2. The van der Waals surface area contributed by atoms with E-state index in [0.717, 1.165) is 12.1 Å². The highest BCUT2D eigenvalue weighted by Gasteiger charge is 2.34. The van der Waals surface area contributed by atoms with Crippen molar-refractivity contribution < 1.29 is 30.7 Å². The monoisotopic (exact) mass is 377 g/mol. The molecule has 1 aliphatic carbocycles. The zero-order valence-electron chi connectivity index (χ0n) is 13.2. The zero-order valence-corrected chi connectivity index (χ0v) is 14.0. The molecule has 0 bridgehead atoms. The number of halogens is 4. The molecule has 1 aromatic carbocycles. The van der Waals surface area contributed by atoms with E-state index >= 15 is 0 Å². The summed E-state index contributed by atoms with van der Waals surface area (Å²) in [6, 6.07) is 2.51. The van der Waals surface area contributed by atoms with Gasteiger partial charge >= 0.3 is 5.76 Å². The highest BCUT2D eigenvalue weighted by atomic mass is 32.2. The third-order valence-electron chi connectivity index (χ3n) is 3.64. The SMILES string of the molecule is C=C(C1=C(C(=NC)Oc2cc(F)cc(F)c2)CCC1)S(=O)(=O)C(F)F. The maximum absolute atomic E-state index is 13.3. The Balaban J connectivity index is 2.40. The first kappa shape index (κ1) is 19.2. The molecule has 0 saturated heterocycles. The van der Waals surface area contributed by atoms with Gasteiger partial charge in [-0.25, -0.2) is 17.2 Å². The van der Waals surface area contributed by atoms with Crippen LogP contribution in [-0.4, -0.2) is 27.1 Å². The normalized spacial score (nSPS) is 15.8. The second-order valence-corrected chi connectivity index (χ2v) is 7.21. The fraction of sp³-hybridized carbons (Fsp3) is 0.312. The van der Waals surface area contributed by atoms with Crippen LogP contribution in [0.3, 0.4) is 0 Å². The van der Waals surface area contributed by atoms with Crippen molar-refractivity contribution in [3.63, 3.8) is 0 Å². The highest BCUT2D eigenvalue weighted by molar-refractivity contribution is 7.95. The van der Waals surface area contributed by atoms with Gasteiger partial charge in [-0.2, -0.15) is 8.78 Å². The minimum Gasteiger partial charge on any atom is -0.439 e. The molecule has 0 atom stereocenters. The quantitative estimate of drug-likeness (QED) is 0.443. The van der Waals surface area contributed by atoms with E-state index in [1.165, 1.54) is 7.05 Å². The van der Waals surface area contributed by atoms with Crippen molar-refractivity contribution in [2.24, 2.45) is 4.99 Å². The van der Waals surface area contributed by atoms with Gasteiger partial charge in [0, 0.05) is 30.8 Å². The fourth-order valence-electron chi connectivity index (χ4n) is 2.51. The number of hydrogen-bond acceptors (Lipinski definition) is 4. The van der Waals surface area contributed by atoms with E-state index in [0.29, 0.717) is 18.9 Å². The average Bonchev–Trinajstić information content (AvgIpc) is 2.99. The van der Waals surface area contributed by atoms with Crippen LogP contribution in [0.25, 0.3) is 0 Å². The van der Waals surface area contributed by atoms with E-state index in [1.54, 1.807) is 0 Å². The number of sulfone groups is 1. The summed E-state index contributed by atoms with van der Waals surface area (Å²) in [5.41, 5.74) is 0.374. The molecule has 0 saturated carbocycles. The predicted molar refractivity (Wildman–Crippen MR) is 85.3 cm³/mol. The maximum atomic E-state index is 13.3. The lowest BCUT2D eigenvalue weighted by molar-refractivity contribution is 0.236. The molecule has 0 spiro atoms. The van der Waals surface area contributed by atoms with Gasteiger partial charge in [-0.3, -0.25) is 4.99 Å². The van der Waals surface area contributed by atoms with Crippen LogP contribution in [0.2, 0.25) is 0 Å². The van der Waals surface area contributed by atoms with E-state index in [9.17, 15) is 26.0 Å². The molecule has 9 heteroatoms. The van der Waals surface area contributed by atoms with E-state index in [-0.39, 0.29) is 29.2 Å². The number of benzene rings is 1. The summed E-state index contributed by atoms with van der Waals surface area (Å²) in [5.74, 6) is -5.59. The first-order chi connectivity index (χ1) is 11.7. The summed E-state index contributed by atoms with van der Waals surface area (Å²) in [7, 11) is -3.51. The summed E-state index contributed by atoms with van der Waals surface area (Å²) < 4.78 is 80.7. The molecule has 0 unspecified atom stereocenters. The molecule has 25 heavy (non-hydrogen) atoms.